The maximum Gasteiger partial charge on any atom is 0.490 e. The molecule has 9 nitrogen and oxygen atoms in total. The number of aliphatic hydroxyl groups is 2. The molecule has 20 atom stereocenters. The molecule has 15 heteroatoms. The molecule has 12 saturated carbocycles. The first-order chi connectivity index (χ1) is 19.9. The number of rotatable bonds is 4. The van der Waals surface area contributed by atoms with E-state index in [1.807, 2.05) is 0 Å². The van der Waals surface area contributed by atoms with E-state index in [9.17, 15) is 55.7 Å². The van der Waals surface area contributed by atoms with Gasteiger partial charge in [0, 0.05) is 40.9 Å². The Morgan fingerprint density at radius 3 is 1.40 bits per heavy atom. The smallest absolute Gasteiger partial charge is 0.469 e. The molecule has 0 bridgehead atoms. The lowest BCUT2D eigenvalue weighted by atomic mass is 9.61. The van der Waals surface area contributed by atoms with Gasteiger partial charge in [-0.1, -0.05) is 0 Å². The molecule has 0 radical (unpaired) electrons. The van der Waals surface area contributed by atoms with Crippen LogP contribution < -0.4 is 0 Å². The van der Waals surface area contributed by atoms with E-state index in [0.717, 1.165) is 7.11 Å². The standard InChI is InChI=1S/C28H22F6O9/c1-3(35)21-12-8-4-5-9-13-11(4)26(43-20(38)28(32,33)34)17-6(14(21)23(8,26)39)7-15(22(13,17)18(36)41-2)24(9,40)25(10(5)12,16(7)21)42-19(37)27(29,30)31/h4-17,39-40H,1-2H3. The van der Waals surface area contributed by atoms with Crippen molar-refractivity contribution in [1.29, 1.82) is 0 Å². The number of esters is 3. The maximum atomic E-state index is 14.1. The number of alkyl halides is 6. The summed E-state index contributed by atoms with van der Waals surface area (Å²) < 4.78 is 99.7. The molecule has 12 aliphatic carbocycles. The number of Topliss-reactive ketones (excluding diaryl/α,β-unsaturated/α-hetero) is 1. The number of hydrogen-bond donors (Lipinski definition) is 2. The van der Waals surface area contributed by atoms with Crippen molar-refractivity contribution in [2.24, 2.45) is 93.7 Å². The molecule has 12 rings (SSSR count). The molecule has 0 heterocycles. The molecule has 0 aromatic rings. The van der Waals surface area contributed by atoms with E-state index < -0.39 is 152 Å². The normalized spacial score (nSPS) is 67.3. The molecular formula is C28H22F6O9. The second kappa shape index (κ2) is 5.60. The van der Waals surface area contributed by atoms with Crippen LogP contribution in [0.1, 0.15) is 6.92 Å². The van der Waals surface area contributed by atoms with Gasteiger partial charge in [-0.3, -0.25) is 9.59 Å². The van der Waals surface area contributed by atoms with Crippen molar-refractivity contribution in [1.82, 2.24) is 0 Å². The van der Waals surface area contributed by atoms with Gasteiger partial charge in [0.2, 0.25) is 0 Å². The summed E-state index contributed by atoms with van der Waals surface area (Å²) in [5, 5.41) is 26.0. The Balaban J connectivity index is 1.28. The molecular weight excluding hydrogens is 594 g/mol. The van der Waals surface area contributed by atoms with Crippen LogP contribution in [0.4, 0.5) is 26.3 Å². The van der Waals surface area contributed by atoms with Crippen molar-refractivity contribution in [3.63, 3.8) is 0 Å². The Morgan fingerprint density at radius 2 is 1.00 bits per heavy atom. The predicted octanol–water partition coefficient (Wildman–Crippen LogP) is 0.648. The van der Waals surface area contributed by atoms with Crippen LogP contribution in [0.5, 0.6) is 0 Å². The second-order valence-corrected chi connectivity index (χ2v) is 15.3. The first kappa shape index (κ1) is 24.8. The molecule has 0 saturated heterocycles. The van der Waals surface area contributed by atoms with Gasteiger partial charge in [0.15, 0.2) is 0 Å². The van der Waals surface area contributed by atoms with Crippen molar-refractivity contribution >= 4 is 23.7 Å². The molecule has 0 spiro atoms. The summed E-state index contributed by atoms with van der Waals surface area (Å²) in [6.07, 6.45) is -10.9. The van der Waals surface area contributed by atoms with Crippen molar-refractivity contribution in [3.8, 4) is 0 Å². The van der Waals surface area contributed by atoms with Gasteiger partial charge in [-0.15, -0.1) is 0 Å². The number of hydrogen-bond acceptors (Lipinski definition) is 9. The molecule has 20 unspecified atom stereocenters. The highest BCUT2D eigenvalue weighted by atomic mass is 19.4. The van der Waals surface area contributed by atoms with Gasteiger partial charge >= 0.3 is 30.3 Å². The van der Waals surface area contributed by atoms with Gasteiger partial charge in [0.05, 0.1) is 12.5 Å². The second-order valence-electron chi connectivity index (χ2n) is 15.3. The van der Waals surface area contributed by atoms with Crippen molar-refractivity contribution < 1.29 is 69.9 Å². The number of carbonyl (C=O) groups is 4. The van der Waals surface area contributed by atoms with Crippen LogP contribution in [0.2, 0.25) is 0 Å². The fourth-order valence-electron chi connectivity index (χ4n) is 17.6. The molecule has 230 valence electrons. The zero-order valence-electron chi connectivity index (χ0n) is 22.1. The Labute approximate surface area is 236 Å². The Morgan fingerprint density at radius 1 is 0.605 bits per heavy atom. The van der Waals surface area contributed by atoms with Gasteiger partial charge < -0.3 is 24.4 Å². The lowest BCUT2D eigenvalue weighted by Crippen LogP contribution is -2.66. The summed E-state index contributed by atoms with van der Waals surface area (Å²) in [6, 6.07) is 0. The predicted molar refractivity (Wildman–Crippen MR) is 116 cm³/mol. The van der Waals surface area contributed by atoms with Gasteiger partial charge in [-0.25, -0.2) is 9.59 Å². The van der Waals surface area contributed by atoms with Gasteiger partial charge in [0.1, 0.15) is 28.2 Å². The summed E-state index contributed by atoms with van der Waals surface area (Å²) in [5.74, 6) is -20.6. The number of methoxy groups -OCH3 is 1. The Bertz CT molecular complexity index is 1630. The summed E-state index contributed by atoms with van der Waals surface area (Å²) in [5.41, 5.74) is -12.2. The van der Waals surface area contributed by atoms with Crippen molar-refractivity contribution in [3.05, 3.63) is 0 Å². The van der Waals surface area contributed by atoms with Gasteiger partial charge in [-0.05, 0) is 54.3 Å². The average Bonchev–Trinajstić information content (AvgIpc) is 3.72. The maximum absolute atomic E-state index is 14.1. The van der Waals surface area contributed by atoms with Crippen LogP contribution in [0.15, 0.2) is 0 Å². The fraction of sp³-hybridized carbons (Fsp3) is 0.857. The van der Waals surface area contributed by atoms with E-state index in [0.29, 0.717) is 0 Å². The minimum absolute atomic E-state index is 0.518. The highest BCUT2D eigenvalue weighted by molar-refractivity contribution is 5.92. The summed E-state index contributed by atoms with van der Waals surface area (Å²) >= 11 is 0. The molecule has 0 aliphatic heterocycles. The van der Waals surface area contributed by atoms with Crippen LogP contribution in [0, 0.1) is 93.7 Å². The van der Waals surface area contributed by atoms with Crippen LogP contribution in [0.3, 0.4) is 0 Å². The quantitative estimate of drug-likeness (QED) is 0.265. The third-order valence-corrected chi connectivity index (χ3v) is 16.1. The topological polar surface area (TPSA) is 136 Å². The molecule has 0 aromatic heterocycles. The van der Waals surface area contributed by atoms with E-state index >= 15 is 0 Å². The molecule has 43 heavy (non-hydrogen) atoms. The molecule has 0 aromatic carbocycles. The minimum Gasteiger partial charge on any atom is -0.469 e. The molecule has 12 aliphatic rings. The largest absolute Gasteiger partial charge is 0.490 e. The van der Waals surface area contributed by atoms with E-state index in [-0.39, 0.29) is 0 Å². The van der Waals surface area contributed by atoms with Crippen LogP contribution in [0.25, 0.3) is 0 Å². The van der Waals surface area contributed by atoms with Crippen molar-refractivity contribution in [2.45, 2.75) is 41.7 Å². The monoisotopic (exact) mass is 616 g/mol. The zero-order valence-corrected chi connectivity index (χ0v) is 22.1. The van der Waals surface area contributed by atoms with E-state index in [2.05, 4.69) is 0 Å². The summed E-state index contributed by atoms with van der Waals surface area (Å²) in [4.78, 5) is 53.6. The van der Waals surface area contributed by atoms with Crippen LogP contribution in [-0.4, -0.2) is 75.8 Å². The van der Waals surface area contributed by atoms with Crippen LogP contribution >= 0.6 is 0 Å². The first-order valence-electron chi connectivity index (χ1n) is 14.5. The summed E-state index contributed by atoms with van der Waals surface area (Å²) in [6.45, 7) is 1.22. The van der Waals surface area contributed by atoms with Crippen LogP contribution in [-0.2, 0) is 33.4 Å². The first-order valence-corrected chi connectivity index (χ1v) is 14.5. The Kier molecular flexibility index (Phi) is 3.24. The molecule has 2 N–H and O–H groups in total. The highest BCUT2D eigenvalue weighted by Gasteiger charge is 3.17. The average molecular weight is 616 g/mol. The van der Waals surface area contributed by atoms with E-state index in [1.165, 1.54) is 6.92 Å². The third kappa shape index (κ3) is 1.52. The van der Waals surface area contributed by atoms with E-state index in [4.69, 9.17) is 14.2 Å². The Hall–Kier alpha value is -2.42. The zero-order chi connectivity index (χ0) is 30.5. The van der Waals surface area contributed by atoms with Gasteiger partial charge in [-0.2, -0.15) is 26.3 Å². The number of ketones is 1. The number of carbonyl (C=O) groups excluding carboxylic acids is 4. The fourth-order valence-corrected chi connectivity index (χ4v) is 17.6. The minimum atomic E-state index is -5.44. The van der Waals surface area contributed by atoms with Crippen molar-refractivity contribution in [2.75, 3.05) is 7.11 Å². The summed E-state index contributed by atoms with van der Waals surface area (Å²) in [7, 11) is 1.06. The lowest BCUT2D eigenvalue weighted by Gasteiger charge is -2.49. The van der Waals surface area contributed by atoms with E-state index in [1.54, 1.807) is 0 Å². The third-order valence-electron chi connectivity index (χ3n) is 16.1. The van der Waals surface area contributed by atoms with Gasteiger partial charge in [0.25, 0.3) is 0 Å². The lowest BCUT2D eigenvalue weighted by molar-refractivity contribution is -0.260. The number of ether oxygens (including phenoxy) is 3. The highest BCUT2D eigenvalue weighted by Crippen LogP contribution is 3.09. The number of halogens is 6. The molecule has 12 fully saturated rings. The SMILES string of the molecule is COC(=O)C12C3C4C5C6C7C8C5C5(OC(=O)C(F)(F)F)C9C(C%10C(C89C(C)=O)C7(O)C(OC(=O)C(F)(F)F)(C63)C%101)C2C45O. The molecule has 0 amide bonds.